The number of carbonyl (C=O) groups excluding carboxylic acids is 1. The molecule has 1 rings (SSSR count). The fourth-order valence-electron chi connectivity index (χ4n) is 1.63. The van der Waals surface area contributed by atoms with Gasteiger partial charge in [0.25, 0.3) is 0 Å². The summed E-state index contributed by atoms with van der Waals surface area (Å²) in [6.45, 7) is 5.83. The second-order valence-corrected chi connectivity index (χ2v) is 5.23. The van der Waals surface area contributed by atoms with E-state index in [1.807, 2.05) is 39.2 Å². The van der Waals surface area contributed by atoms with Crippen molar-refractivity contribution in [3.63, 3.8) is 0 Å². The van der Waals surface area contributed by atoms with Gasteiger partial charge in [0.05, 0.1) is 0 Å². The Hall–Kier alpha value is -1.16. The lowest BCUT2D eigenvalue weighted by molar-refractivity contribution is -0.118. The lowest BCUT2D eigenvalue weighted by Gasteiger charge is -2.16. The number of nitrogens with one attached hydrogen (secondary N) is 1. The van der Waals surface area contributed by atoms with Crippen LogP contribution >= 0.6 is 11.8 Å². The first kappa shape index (κ1) is 13.9. The third-order valence-electron chi connectivity index (χ3n) is 2.83. The smallest absolute Gasteiger partial charge is 0.228 e. The van der Waals surface area contributed by atoms with Crippen molar-refractivity contribution in [3.8, 4) is 0 Å². The van der Waals surface area contributed by atoms with Gasteiger partial charge >= 0.3 is 0 Å². The van der Waals surface area contributed by atoms with Gasteiger partial charge in [-0.1, -0.05) is 13.0 Å². The second kappa shape index (κ2) is 5.96. The molecule has 3 N–H and O–H groups in total. The van der Waals surface area contributed by atoms with Gasteiger partial charge in [0.2, 0.25) is 5.91 Å². The molecule has 3 nitrogen and oxygen atoms in total. The summed E-state index contributed by atoms with van der Waals surface area (Å²) in [7, 11) is 0. The minimum absolute atomic E-state index is 0.00484. The van der Waals surface area contributed by atoms with Gasteiger partial charge in [-0.3, -0.25) is 4.79 Å². The molecule has 0 heterocycles. The molecule has 0 saturated heterocycles. The highest BCUT2D eigenvalue weighted by atomic mass is 32.2. The standard InChI is InChI=1S/C13H20N2OS/c1-8-5-6-11(14)10(3)12(8)15-13(16)9(2)7-17-4/h5-6,9H,7,14H2,1-4H3,(H,15,16). The number of carbonyl (C=O) groups is 1. The van der Waals surface area contributed by atoms with E-state index < -0.39 is 0 Å². The van der Waals surface area contributed by atoms with Gasteiger partial charge in [0.15, 0.2) is 0 Å². The number of rotatable bonds is 4. The van der Waals surface area contributed by atoms with E-state index in [1.165, 1.54) is 0 Å². The summed E-state index contributed by atoms with van der Waals surface area (Å²) in [6.07, 6.45) is 2.00. The predicted octanol–water partition coefficient (Wildman–Crippen LogP) is 2.82. The maximum atomic E-state index is 12.0. The van der Waals surface area contributed by atoms with Crippen LogP contribution in [0.25, 0.3) is 0 Å². The predicted molar refractivity (Wildman–Crippen MR) is 76.5 cm³/mol. The summed E-state index contributed by atoms with van der Waals surface area (Å²) in [5, 5.41) is 2.97. The third kappa shape index (κ3) is 3.40. The molecule has 1 aromatic carbocycles. The summed E-state index contributed by atoms with van der Waals surface area (Å²) in [4.78, 5) is 12.0. The number of benzene rings is 1. The summed E-state index contributed by atoms with van der Waals surface area (Å²) in [6, 6.07) is 3.79. The highest BCUT2D eigenvalue weighted by molar-refractivity contribution is 7.98. The third-order valence-corrected chi connectivity index (χ3v) is 3.66. The molecule has 17 heavy (non-hydrogen) atoms. The molecule has 94 valence electrons. The SMILES string of the molecule is CSCC(C)C(=O)Nc1c(C)ccc(N)c1C. The Balaban J connectivity index is 2.88. The molecule has 1 unspecified atom stereocenters. The molecule has 0 aliphatic heterocycles. The summed E-state index contributed by atoms with van der Waals surface area (Å²) in [5.74, 6) is 0.882. The zero-order chi connectivity index (χ0) is 13.0. The van der Waals surface area contributed by atoms with E-state index in [9.17, 15) is 4.79 Å². The molecule has 0 aromatic heterocycles. The average molecular weight is 252 g/mol. The second-order valence-electron chi connectivity index (χ2n) is 4.32. The molecular formula is C13H20N2OS. The quantitative estimate of drug-likeness (QED) is 0.810. The molecule has 1 aromatic rings. The van der Waals surface area contributed by atoms with Crippen LogP contribution in [0.2, 0.25) is 0 Å². The largest absolute Gasteiger partial charge is 0.398 e. The van der Waals surface area contributed by atoms with Crippen LogP contribution in [0.15, 0.2) is 12.1 Å². The molecule has 4 heteroatoms. The van der Waals surface area contributed by atoms with Gasteiger partial charge in [-0.15, -0.1) is 0 Å². The Morgan fingerprint density at radius 2 is 2.12 bits per heavy atom. The molecule has 0 aliphatic carbocycles. The fraction of sp³-hybridized carbons (Fsp3) is 0.462. The number of hydrogen-bond acceptors (Lipinski definition) is 3. The van der Waals surface area contributed by atoms with Crippen molar-refractivity contribution in [2.24, 2.45) is 5.92 Å². The first-order chi connectivity index (χ1) is 7.97. The Bertz CT molecular complexity index is 418. The highest BCUT2D eigenvalue weighted by Gasteiger charge is 2.15. The van der Waals surface area contributed by atoms with E-state index in [-0.39, 0.29) is 11.8 Å². The van der Waals surface area contributed by atoms with E-state index in [0.29, 0.717) is 5.69 Å². The average Bonchev–Trinajstić information content (AvgIpc) is 2.29. The zero-order valence-electron chi connectivity index (χ0n) is 10.8. The van der Waals surface area contributed by atoms with Crippen molar-refractivity contribution in [1.82, 2.24) is 0 Å². The fourth-order valence-corrected chi connectivity index (χ4v) is 2.28. The van der Waals surface area contributed by atoms with E-state index in [4.69, 9.17) is 5.73 Å². The van der Waals surface area contributed by atoms with Crippen LogP contribution in [0.4, 0.5) is 11.4 Å². The molecular weight excluding hydrogens is 232 g/mol. The lowest BCUT2D eigenvalue weighted by atomic mass is 10.1. The van der Waals surface area contributed by atoms with E-state index in [0.717, 1.165) is 22.6 Å². The van der Waals surface area contributed by atoms with Gasteiger partial charge < -0.3 is 11.1 Å². The van der Waals surface area contributed by atoms with E-state index in [2.05, 4.69) is 5.32 Å². The lowest BCUT2D eigenvalue weighted by Crippen LogP contribution is -2.23. The summed E-state index contributed by atoms with van der Waals surface area (Å²) < 4.78 is 0. The van der Waals surface area contributed by atoms with Gasteiger partial charge in [-0.25, -0.2) is 0 Å². The van der Waals surface area contributed by atoms with Crippen molar-refractivity contribution in [2.45, 2.75) is 20.8 Å². The molecule has 0 spiro atoms. The Morgan fingerprint density at radius 1 is 1.47 bits per heavy atom. The van der Waals surface area contributed by atoms with Crippen LogP contribution in [0, 0.1) is 19.8 Å². The van der Waals surface area contributed by atoms with Crippen LogP contribution in [-0.2, 0) is 4.79 Å². The zero-order valence-corrected chi connectivity index (χ0v) is 11.6. The maximum absolute atomic E-state index is 12.0. The van der Waals surface area contributed by atoms with Crippen molar-refractivity contribution in [1.29, 1.82) is 0 Å². The molecule has 0 fully saturated rings. The van der Waals surface area contributed by atoms with Crippen molar-refractivity contribution in [2.75, 3.05) is 23.1 Å². The first-order valence-electron chi connectivity index (χ1n) is 5.62. The van der Waals surface area contributed by atoms with Gasteiger partial charge in [0, 0.05) is 23.0 Å². The first-order valence-corrected chi connectivity index (χ1v) is 7.02. The molecule has 1 amide bonds. The minimum atomic E-state index is 0.00484. The van der Waals surface area contributed by atoms with Crippen LogP contribution in [-0.4, -0.2) is 17.9 Å². The van der Waals surface area contributed by atoms with Crippen LogP contribution in [0.1, 0.15) is 18.1 Å². The monoisotopic (exact) mass is 252 g/mol. The normalized spacial score (nSPS) is 12.2. The van der Waals surface area contributed by atoms with Crippen molar-refractivity contribution in [3.05, 3.63) is 23.3 Å². The molecule has 0 radical (unpaired) electrons. The minimum Gasteiger partial charge on any atom is -0.398 e. The maximum Gasteiger partial charge on any atom is 0.228 e. The number of amides is 1. The number of aryl methyl sites for hydroxylation is 1. The van der Waals surface area contributed by atoms with Crippen LogP contribution in [0.5, 0.6) is 0 Å². The van der Waals surface area contributed by atoms with E-state index in [1.54, 1.807) is 11.8 Å². The number of anilines is 2. The molecule has 0 bridgehead atoms. The topological polar surface area (TPSA) is 55.1 Å². The van der Waals surface area contributed by atoms with Crippen LogP contribution in [0.3, 0.4) is 0 Å². The molecule has 0 aliphatic rings. The number of nitrogen functional groups attached to an aromatic ring is 1. The summed E-state index contributed by atoms with van der Waals surface area (Å²) >= 11 is 1.67. The van der Waals surface area contributed by atoms with Gasteiger partial charge in [0.1, 0.15) is 0 Å². The summed E-state index contributed by atoms with van der Waals surface area (Å²) in [5.41, 5.74) is 9.39. The Kier molecular flexibility index (Phi) is 4.87. The molecule has 1 atom stereocenters. The van der Waals surface area contributed by atoms with Crippen LogP contribution < -0.4 is 11.1 Å². The highest BCUT2D eigenvalue weighted by Crippen LogP contribution is 2.25. The molecule has 0 saturated carbocycles. The van der Waals surface area contributed by atoms with Gasteiger partial charge in [-0.05, 0) is 37.3 Å². The van der Waals surface area contributed by atoms with Gasteiger partial charge in [-0.2, -0.15) is 11.8 Å². The van der Waals surface area contributed by atoms with Crippen molar-refractivity contribution < 1.29 is 4.79 Å². The Morgan fingerprint density at radius 3 is 2.71 bits per heavy atom. The Labute approximate surface area is 107 Å². The number of nitrogens with two attached hydrogens (primary N) is 1. The van der Waals surface area contributed by atoms with E-state index >= 15 is 0 Å². The van der Waals surface area contributed by atoms with Crippen molar-refractivity contribution >= 4 is 29.0 Å². The number of hydrogen-bond donors (Lipinski definition) is 2. The number of thioether (sulfide) groups is 1.